The minimum absolute atomic E-state index is 0.154. The Morgan fingerprint density at radius 1 is 0.966 bits per heavy atom. The fourth-order valence-electron chi connectivity index (χ4n) is 2.81. The minimum atomic E-state index is -4.75. The monoisotopic (exact) mass is 417 g/mol. The number of rotatable bonds is 6. The molecular weight excluding hydrogens is 391 g/mol. The Morgan fingerprint density at radius 2 is 1.48 bits per heavy atom. The van der Waals surface area contributed by atoms with Crippen molar-refractivity contribution in [3.63, 3.8) is 0 Å². The Balaban J connectivity index is 1.72. The van der Waals surface area contributed by atoms with Gasteiger partial charge in [-0.15, -0.1) is 13.2 Å². The van der Waals surface area contributed by atoms with Crippen LogP contribution in [0.25, 0.3) is 0 Å². The van der Waals surface area contributed by atoms with Crippen molar-refractivity contribution in [2.75, 3.05) is 44.6 Å². The molecule has 1 amide bonds. The Morgan fingerprint density at radius 3 is 1.97 bits per heavy atom. The van der Waals surface area contributed by atoms with Crippen LogP contribution in [0.4, 0.5) is 18.9 Å². The molecule has 10 heteroatoms. The average Bonchev–Trinajstić information content (AvgIpc) is 2.55. The number of amides is 1. The quantitative estimate of drug-likeness (QED) is 0.718. The lowest BCUT2D eigenvalue weighted by Crippen LogP contribution is -2.50. The van der Waals surface area contributed by atoms with Gasteiger partial charge in [-0.25, -0.2) is 0 Å². The van der Waals surface area contributed by atoms with Crippen molar-refractivity contribution in [2.45, 2.75) is 32.7 Å². The number of anilines is 1. The summed E-state index contributed by atoms with van der Waals surface area (Å²) in [5.41, 5.74) is -0.137. The van der Waals surface area contributed by atoms with E-state index in [1.807, 2.05) is 30.6 Å². The zero-order chi connectivity index (χ0) is 21.7. The zero-order valence-electron chi connectivity index (χ0n) is 16.7. The van der Waals surface area contributed by atoms with E-state index in [0.29, 0.717) is 31.9 Å². The molecule has 0 radical (unpaired) electrons. The third-order valence-electron chi connectivity index (χ3n) is 3.98. The Bertz CT molecular complexity index is 694. The zero-order valence-corrected chi connectivity index (χ0v) is 16.7. The molecular formula is C19H26F3N3O4. The van der Waals surface area contributed by atoms with Crippen molar-refractivity contribution in [3.05, 3.63) is 24.3 Å². The summed E-state index contributed by atoms with van der Waals surface area (Å²) in [5.74, 6) is -0.895. The van der Waals surface area contributed by atoms with Gasteiger partial charge < -0.3 is 14.8 Å². The number of alkyl halides is 3. The Labute approximate surface area is 167 Å². The molecule has 1 aromatic rings. The summed E-state index contributed by atoms with van der Waals surface area (Å²) in [4.78, 5) is 28.0. The molecule has 7 nitrogen and oxygen atoms in total. The summed E-state index contributed by atoms with van der Waals surface area (Å²) in [6.45, 7) is 8.33. The second-order valence-electron chi connectivity index (χ2n) is 7.76. The van der Waals surface area contributed by atoms with Crippen LogP contribution in [0.5, 0.6) is 5.75 Å². The van der Waals surface area contributed by atoms with Crippen LogP contribution < -0.4 is 10.1 Å². The standard InChI is InChI=1S/C19H26F3N3O4/c1-18(2,3)29-17(27)13-25-10-8-24(9-11-25)12-16(26)23-14-4-6-15(7-5-14)28-19(20,21)22/h4-7H,8-13H2,1-3H3,(H,23,26). The number of piperazine rings is 1. The van der Waals surface area contributed by atoms with E-state index in [2.05, 4.69) is 10.1 Å². The van der Waals surface area contributed by atoms with Gasteiger partial charge in [-0.1, -0.05) is 0 Å². The molecule has 0 aromatic heterocycles. The highest BCUT2D eigenvalue weighted by Crippen LogP contribution is 2.23. The summed E-state index contributed by atoms with van der Waals surface area (Å²) in [6.07, 6.45) is -4.75. The molecule has 0 spiro atoms. The molecule has 29 heavy (non-hydrogen) atoms. The maximum atomic E-state index is 12.2. The van der Waals surface area contributed by atoms with Crippen LogP contribution in [0, 0.1) is 0 Å². The van der Waals surface area contributed by atoms with Crippen molar-refractivity contribution in [3.8, 4) is 5.75 Å². The van der Waals surface area contributed by atoms with Crippen LogP contribution in [0.2, 0.25) is 0 Å². The smallest absolute Gasteiger partial charge is 0.459 e. The minimum Gasteiger partial charge on any atom is -0.459 e. The van der Waals surface area contributed by atoms with E-state index in [1.165, 1.54) is 12.1 Å². The lowest BCUT2D eigenvalue weighted by atomic mass is 10.2. The van der Waals surface area contributed by atoms with Crippen LogP contribution in [0.15, 0.2) is 24.3 Å². The molecule has 1 saturated heterocycles. The molecule has 162 valence electrons. The first kappa shape index (κ1) is 23.0. The first-order chi connectivity index (χ1) is 13.4. The van der Waals surface area contributed by atoms with E-state index < -0.39 is 12.0 Å². The number of nitrogens with zero attached hydrogens (tertiary/aromatic N) is 2. The number of ether oxygens (including phenoxy) is 2. The highest BCUT2D eigenvalue weighted by Gasteiger charge is 2.31. The number of hydrogen-bond donors (Lipinski definition) is 1. The van der Waals surface area contributed by atoms with Gasteiger partial charge in [-0.3, -0.25) is 19.4 Å². The summed E-state index contributed by atoms with van der Waals surface area (Å²) < 4.78 is 45.6. The van der Waals surface area contributed by atoms with E-state index in [-0.39, 0.29) is 30.7 Å². The molecule has 1 aliphatic heterocycles. The highest BCUT2D eigenvalue weighted by molar-refractivity contribution is 5.92. The van der Waals surface area contributed by atoms with E-state index >= 15 is 0 Å². The van der Waals surface area contributed by atoms with Crippen molar-refractivity contribution < 1.29 is 32.2 Å². The van der Waals surface area contributed by atoms with Crippen LogP contribution in [-0.2, 0) is 14.3 Å². The lowest BCUT2D eigenvalue weighted by molar-refractivity contribution is -0.274. The number of carbonyl (C=O) groups excluding carboxylic acids is 2. The van der Waals surface area contributed by atoms with Crippen molar-refractivity contribution in [1.82, 2.24) is 9.80 Å². The predicted molar refractivity (Wildman–Crippen MR) is 100 cm³/mol. The molecule has 1 fully saturated rings. The molecule has 1 N–H and O–H groups in total. The fourth-order valence-corrected chi connectivity index (χ4v) is 2.81. The van der Waals surface area contributed by atoms with Gasteiger partial charge in [0.1, 0.15) is 11.4 Å². The SMILES string of the molecule is CC(C)(C)OC(=O)CN1CCN(CC(=O)Nc2ccc(OC(F)(F)F)cc2)CC1. The topological polar surface area (TPSA) is 71.1 Å². The third-order valence-corrected chi connectivity index (χ3v) is 3.98. The number of esters is 1. The number of nitrogens with one attached hydrogen (secondary N) is 1. The normalized spacial score (nSPS) is 16.3. The van der Waals surface area contributed by atoms with Crippen LogP contribution in [0.3, 0.4) is 0 Å². The predicted octanol–water partition coefficient (Wildman–Crippen LogP) is 2.48. The first-order valence-corrected chi connectivity index (χ1v) is 9.22. The molecule has 1 aromatic carbocycles. The number of halogens is 3. The summed E-state index contributed by atoms with van der Waals surface area (Å²) in [7, 11) is 0. The number of hydrogen-bond acceptors (Lipinski definition) is 6. The van der Waals surface area contributed by atoms with Gasteiger partial charge in [-0.2, -0.15) is 0 Å². The van der Waals surface area contributed by atoms with Gasteiger partial charge in [0.05, 0.1) is 13.1 Å². The summed E-state index contributed by atoms with van der Waals surface area (Å²) >= 11 is 0. The molecule has 2 rings (SSSR count). The maximum Gasteiger partial charge on any atom is 0.573 e. The third kappa shape index (κ3) is 9.14. The second-order valence-corrected chi connectivity index (χ2v) is 7.76. The first-order valence-electron chi connectivity index (χ1n) is 9.22. The molecule has 1 aliphatic rings. The van der Waals surface area contributed by atoms with Crippen molar-refractivity contribution >= 4 is 17.6 Å². The molecule has 0 saturated carbocycles. The summed E-state index contributed by atoms with van der Waals surface area (Å²) in [6, 6.07) is 4.96. The molecule has 0 bridgehead atoms. The fraction of sp³-hybridized carbons (Fsp3) is 0.579. The molecule has 0 aliphatic carbocycles. The summed E-state index contributed by atoms with van der Waals surface area (Å²) in [5, 5.41) is 2.64. The van der Waals surface area contributed by atoms with Gasteiger partial charge in [-0.05, 0) is 45.0 Å². The largest absolute Gasteiger partial charge is 0.573 e. The molecule has 1 heterocycles. The van der Waals surface area contributed by atoms with Crippen molar-refractivity contribution in [2.24, 2.45) is 0 Å². The Kier molecular flexibility index (Phi) is 7.48. The highest BCUT2D eigenvalue weighted by atomic mass is 19.4. The molecule has 0 unspecified atom stereocenters. The maximum absolute atomic E-state index is 12.2. The van der Waals surface area contributed by atoms with Gasteiger partial charge in [0, 0.05) is 31.9 Å². The van der Waals surface area contributed by atoms with E-state index in [9.17, 15) is 22.8 Å². The van der Waals surface area contributed by atoms with E-state index in [0.717, 1.165) is 12.1 Å². The lowest BCUT2D eigenvalue weighted by Gasteiger charge is -2.34. The van der Waals surface area contributed by atoms with Crippen LogP contribution >= 0.6 is 0 Å². The second kappa shape index (κ2) is 9.45. The number of benzene rings is 1. The van der Waals surface area contributed by atoms with Gasteiger partial charge in [0.15, 0.2) is 0 Å². The van der Waals surface area contributed by atoms with E-state index in [4.69, 9.17) is 4.74 Å². The molecule has 0 atom stereocenters. The van der Waals surface area contributed by atoms with Crippen LogP contribution in [-0.4, -0.2) is 72.9 Å². The van der Waals surface area contributed by atoms with E-state index in [1.54, 1.807) is 0 Å². The average molecular weight is 417 g/mol. The van der Waals surface area contributed by atoms with Crippen LogP contribution in [0.1, 0.15) is 20.8 Å². The van der Waals surface area contributed by atoms with Gasteiger partial charge in [0.25, 0.3) is 0 Å². The van der Waals surface area contributed by atoms with Gasteiger partial charge in [0.2, 0.25) is 5.91 Å². The number of carbonyl (C=O) groups is 2. The van der Waals surface area contributed by atoms with Crippen molar-refractivity contribution in [1.29, 1.82) is 0 Å². The Hall–Kier alpha value is -2.33. The van der Waals surface area contributed by atoms with Gasteiger partial charge >= 0.3 is 12.3 Å².